The zero-order valence-electron chi connectivity index (χ0n) is 24.5. The van der Waals surface area contributed by atoms with Crippen molar-refractivity contribution in [2.24, 2.45) is 0 Å². The Morgan fingerprint density at radius 2 is 1.30 bits per heavy atom. The van der Waals surface area contributed by atoms with Crippen molar-refractivity contribution in [2.45, 2.75) is 26.7 Å². The largest absolute Gasteiger partial charge is 0.305 e. The zero-order valence-corrected chi connectivity index (χ0v) is 26.9. The maximum atomic E-state index is 4.64. The van der Waals surface area contributed by atoms with E-state index in [2.05, 4.69) is 122 Å². The molecule has 0 saturated heterocycles. The molecule has 7 aromatic rings. The summed E-state index contributed by atoms with van der Waals surface area (Å²) in [5.74, 6) is 0.475. The van der Waals surface area contributed by atoms with Crippen LogP contribution in [0.2, 0.25) is 0 Å². The van der Waals surface area contributed by atoms with Gasteiger partial charge in [-0.2, -0.15) is 0 Å². The Bertz CT molecular complexity index is 1910. The Labute approximate surface area is 267 Å². The predicted octanol–water partition coefficient (Wildman–Crippen LogP) is 10.5. The van der Waals surface area contributed by atoms with Crippen molar-refractivity contribution >= 4 is 21.5 Å². The summed E-state index contributed by atoms with van der Waals surface area (Å²) >= 11 is 0. The zero-order chi connectivity index (χ0) is 28.9. The summed E-state index contributed by atoms with van der Waals surface area (Å²) in [5.41, 5.74) is 9.19. The van der Waals surface area contributed by atoms with Gasteiger partial charge in [-0.3, -0.25) is 0 Å². The van der Waals surface area contributed by atoms with Gasteiger partial charge in [0.2, 0.25) is 0 Å². The fraction of sp³-hybridized carbons (Fsp3) is 0.100. The molecular weight excluding hydrogens is 701 g/mol. The second-order valence-electron chi connectivity index (χ2n) is 10.7. The van der Waals surface area contributed by atoms with Crippen molar-refractivity contribution in [3.8, 4) is 33.6 Å². The van der Waals surface area contributed by atoms with Crippen LogP contribution in [0.5, 0.6) is 0 Å². The molecule has 0 N–H and O–H groups in total. The molecule has 7 rings (SSSR count). The van der Waals surface area contributed by atoms with Crippen LogP contribution in [0.1, 0.15) is 30.9 Å². The molecular formula is C40H32IrN2-2. The number of aryl methyl sites for hydroxylation is 1. The molecule has 0 aliphatic carbocycles. The Kier molecular flexibility index (Phi) is 9.57. The summed E-state index contributed by atoms with van der Waals surface area (Å²) in [6, 6.07) is 48.4. The first-order chi connectivity index (χ1) is 20.6. The summed E-state index contributed by atoms with van der Waals surface area (Å²) in [5, 5.41) is 5.06. The fourth-order valence-corrected chi connectivity index (χ4v) is 5.45. The minimum absolute atomic E-state index is 0. The molecule has 2 heterocycles. The Morgan fingerprint density at radius 3 is 2.02 bits per heavy atom. The van der Waals surface area contributed by atoms with E-state index in [0.29, 0.717) is 5.92 Å². The van der Waals surface area contributed by atoms with Crippen molar-refractivity contribution < 1.29 is 20.1 Å². The standard InChI is InChI=1S/C29H24N.C11H8N.Ir/c1-19(2)22-15-16-30-28(18-22)23-13-14-25-24-11-7-8-12-26(24)29(20(3)27(25)17-23)21-9-5-4-6-10-21;1-2-6-10(7-3-1)11-8-4-5-9-12-11;/h4-12,14-19H,1-3H3;1-6,8-9H;/q2*-1;. The van der Waals surface area contributed by atoms with Crippen molar-refractivity contribution in [3.05, 3.63) is 157 Å². The van der Waals surface area contributed by atoms with Crippen LogP contribution < -0.4 is 0 Å². The number of pyridine rings is 2. The number of aromatic nitrogens is 2. The number of hydrogen-bond acceptors (Lipinski definition) is 2. The van der Waals surface area contributed by atoms with E-state index < -0.39 is 0 Å². The number of benzene rings is 5. The molecule has 0 amide bonds. The van der Waals surface area contributed by atoms with Crippen LogP contribution in [0.25, 0.3) is 55.2 Å². The first kappa shape index (κ1) is 30.0. The maximum absolute atomic E-state index is 4.64. The van der Waals surface area contributed by atoms with Crippen molar-refractivity contribution in [2.75, 3.05) is 0 Å². The Balaban J connectivity index is 0.000000238. The van der Waals surface area contributed by atoms with Gasteiger partial charge in [-0.25, -0.2) is 0 Å². The number of hydrogen-bond donors (Lipinski definition) is 0. The molecule has 3 heteroatoms. The van der Waals surface area contributed by atoms with Gasteiger partial charge >= 0.3 is 0 Å². The van der Waals surface area contributed by atoms with Gasteiger partial charge in [-0.1, -0.05) is 114 Å². The number of fused-ring (bicyclic) bond motifs is 3. The van der Waals surface area contributed by atoms with Crippen LogP contribution >= 0.6 is 0 Å². The van der Waals surface area contributed by atoms with E-state index >= 15 is 0 Å². The summed E-state index contributed by atoms with van der Waals surface area (Å²) in [4.78, 5) is 8.86. The van der Waals surface area contributed by atoms with Crippen molar-refractivity contribution in [1.29, 1.82) is 0 Å². The van der Waals surface area contributed by atoms with Gasteiger partial charge in [0.05, 0.1) is 0 Å². The second-order valence-corrected chi connectivity index (χ2v) is 10.7. The van der Waals surface area contributed by atoms with Crippen LogP contribution in [0.4, 0.5) is 0 Å². The molecule has 0 bridgehead atoms. The van der Waals surface area contributed by atoms with E-state index in [1.165, 1.54) is 43.8 Å². The molecule has 43 heavy (non-hydrogen) atoms. The monoisotopic (exact) mass is 733 g/mol. The van der Waals surface area contributed by atoms with Crippen LogP contribution in [0, 0.1) is 19.1 Å². The predicted molar refractivity (Wildman–Crippen MR) is 176 cm³/mol. The van der Waals surface area contributed by atoms with Gasteiger partial charge < -0.3 is 9.97 Å². The quantitative estimate of drug-likeness (QED) is 0.133. The summed E-state index contributed by atoms with van der Waals surface area (Å²) in [6.07, 6.45) is 3.70. The molecule has 0 spiro atoms. The Morgan fingerprint density at radius 1 is 0.581 bits per heavy atom. The van der Waals surface area contributed by atoms with Gasteiger partial charge in [0, 0.05) is 32.5 Å². The Hall–Kier alpha value is -4.43. The molecule has 0 aliphatic heterocycles. The van der Waals surface area contributed by atoms with Crippen molar-refractivity contribution in [1.82, 2.24) is 9.97 Å². The summed E-state index contributed by atoms with van der Waals surface area (Å²) in [7, 11) is 0. The normalized spacial score (nSPS) is 10.7. The van der Waals surface area contributed by atoms with Gasteiger partial charge in [0.25, 0.3) is 0 Å². The second kappa shape index (κ2) is 13.7. The summed E-state index contributed by atoms with van der Waals surface area (Å²) in [6.45, 7) is 6.66. The SMILES string of the molecule is Cc1c(-c2ccccc2)c2ccccc2c2c[c-]c(-c3cc(C(C)C)ccn3)cc12.[Ir].[c-]1ccccc1-c1ccccn1. The molecule has 0 atom stereocenters. The average Bonchev–Trinajstić information content (AvgIpc) is 3.06. The minimum Gasteiger partial charge on any atom is -0.305 e. The molecule has 1 radical (unpaired) electrons. The van der Waals surface area contributed by atoms with Gasteiger partial charge in [-0.15, -0.1) is 59.7 Å². The maximum Gasteiger partial charge on any atom is 0.0163 e. The molecule has 2 aromatic heterocycles. The number of nitrogens with zero attached hydrogens (tertiary/aromatic N) is 2. The summed E-state index contributed by atoms with van der Waals surface area (Å²) < 4.78 is 0. The fourth-order valence-electron chi connectivity index (χ4n) is 5.45. The van der Waals surface area contributed by atoms with Crippen LogP contribution in [-0.4, -0.2) is 9.97 Å². The van der Waals surface area contributed by atoms with Gasteiger partial charge in [0.1, 0.15) is 0 Å². The van der Waals surface area contributed by atoms with E-state index in [4.69, 9.17) is 0 Å². The van der Waals surface area contributed by atoms with Gasteiger partial charge in [0.15, 0.2) is 0 Å². The van der Waals surface area contributed by atoms with E-state index in [1.54, 1.807) is 6.20 Å². The van der Waals surface area contributed by atoms with Crippen LogP contribution in [0.15, 0.2) is 134 Å². The molecule has 5 aromatic carbocycles. The third-order valence-corrected chi connectivity index (χ3v) is 7.66. The van der Waals surface area contributed by atoms with Gasteiger partial charge in [-0.05, 0) is 52.9 Å². The molecule has 0 unspecified atom stereocenters. The smallest absolute Gasteiger partial charge is 0.0163 e. The topological polar surface area (TPSA) is 25.8 Å². The first-order valence-corrected chi connectivity index (χ1v) is 14.4. The van der Waals surface area contributed by atoms with Crippen LogP contribution in [0.3, 0.4) is 0 Å². The molecule has 0 fully saturated rings. The van der Waals surface area contributed by atoms with E-state index in [0.717, 1.165) is 22.5 Å². The third kappa shape index (κ3) is 6.49. The minimum atomic E-state index is 0. The molecule has 0 saturated carbocycles. The van der Waals surface area contributed by atoms with Crippen LogP contribution in [-0.2, 0) is 20.1 Å². The molecule has 213 valence electrons. The van der Waals surface area contributed by atoms with Crippen molar-refractivity contribution in [3.63, 3.8) is 0 Å². The van der Waals surface area contributed by atoms with E-state index in [1.807, 2.05) is 48.7 Å². The van der Waals surface area contributed by atoms with E-state index in [9.17, 15) is 0 Å². The third-order valence-electron chi connectivity index (χ3n) is 7.66. The first-order valence-electron chi connectivity index (χ1n) is 14.4. The molecule has 0 aliphatic rings. The average molecular weight is 733 g/mol. The molecule has 2 nitrogen and oxygen atoms in total. The number of rotatable bonds is 4. The van der Waals surface area contributed by atoms with E-state index in [-0.39, 0.29) is 20.1 Å².